The fourth-order valence-corrected chi connectivity index (χ4v) is 4.51. The quantitative estimate of drug-likeness (QED) is 0.697. The molecule has 0 atom stereocenters. The van der Waals surface area contributed by atoms with E-state index >= 15 is 0 Å². The summed E-state index contributed by atoms with van der Waals surface area (Å²) in [5.74, 6) is 1.27. The van der Waals surface area contributed by atoms with Crippen molar-refractivity contribution in [2.45, 2.75) is 19.8 Å². The highest BCUT2D eigenvalue weighted by atomic mass is 35.5. The molecule has 0 aliphatic carbocycles. The van der Waals surface area contributed by atoms with Gasteiger partial charge in [-0.05, 0) is 19.4 Å². The molecule has 0 radical (unpaired) electrons. The standard InChI is InChI=1S/C21H26Cl2N6O3/c1-14-16(20(31)26-21(25-14)29-8-10-32-11-9-29)2-3-18(30)27-4-6-28(7-5-27)19-17(23)12-15(22)13-24-19/h12-13H,2-11H2,1H3,(H,25,26,31). The lowest BCUT2D eigenvalue weighted by Crippen LogP contribution is -2.49. The molecule has 2 aromatic heterocycles. The van der Waals surface area contributed by atoms with Crippen LogP contribution in [0.5, 0.6) is 0 Å². The zero-order valence-electron chi connectivity index (χ0n) is 17.9. The molecule has 9 nitrogen and oxygen atoms in total. The van der Waals surface area contributed by atoms with Gasteiger partial charge in [-0.25, -0.2) is 9.97 Å². The van der Waals surface area contributed by atoms with Gasteiger partial charge in [0.05, 0.1) is 23.3 Å². The summed E-state index contributed by atoms with van der Waals surface area (Å²) >= 11 is 12.2. The van der Waals surface area contributed by atoms with Crippen LogP contribution in [-0.4, -0.2) is 78.2 Å². The van der Waals surface area contributed by atoms with Crippen LogP contribution in [0.1, 0.15) is 17.7 Å². The van der Waals surface area contributed by atoms with Crippen LogP contribution in [0, 0.1) is 6.92 Å². The van der Waals surface area contributed by atoms with E-state index in [1.807, 2.05) is 21.6 Å². The molecule has 1 amide bonds. The van der Waals surface area contributed by atoms with Crippen LogP contribution in [0.3, 0.4) is 0 Å². The monoisotopic (exact) mass is 480 g/mol. The number of hydrogen-bond acceptors (Lipinski definition) is 7. The first-order chi connectivity index (χ1) is 15.4. The number of carbonyl (C=O) groups is 1. The lowest BCUT2D eigenvalue weighted by molar-refractivity contribution is -0.131. The Labute approximate surface area is 196 Å². The molecule has 2 fully saturated rings. The van der Waals surface area contributed by atoms with Crippen LogP contribution < -0.4 is 15.4 Å². The molecule has 172 valence electrons. The summed E-state index contributed by atoms with van der Waals surface area (Å²) in [6.07, 6.45) is 2.20. The van der Waals surface area contributed by atoms with E-state index in [1.54, 1.807) is 12.3 Å². The molecule has 4 heterocycles. The molecular formula is C21H26Cl2N6O3. The van der Waals surface area contributed by atoms with Crippen LogP contribution >= 0.6 is 23.2 Å². The zero-order chi connectivity index (χ0) is 22.7. The van der Waals surface area contributed by atoms with Crippen molar-refractivity contribution in [3.8, 4) is 0 Å². The fourth-order valence-electron chi connectivity index (χ4n) is 4.01. The molecule has 0 spiro atoms. The molecule has 2 aliphatic heterocycles. The number of halogens is 2. The molecule has 4 rings (SSSR count). The predicted molar refractivity (Wildman–Crippen MR) is 124 cm³/mol. The molecule has 11 heteroatoms. The summed E-state index contributed by atoms with van der Waals surface area (Å²) < 4.78 is 5.35. The summed E-state index contributed by atoms with van der Waals surface area (Å²) in [6.45, 7) is 6.86. The maximum absolute atomic E-state index is 12.8. The summed E-state index contributed by atoms with van der Waals surface area (Å²) in [5.41, 5.74) is 1.04. The van der Waals surface area contributed by atoms with E-state index in [2.05, 4.69) is 15.0 Å². The largest absolute Gasteiger partial charge is 0.378 e. The zero-order valence-corrected chi connectivity index (χ0v) is 19.5. The molecule has 0 bridgehead atoms. The second-order valence-electron chi connectivity index (χ2n) is 7.88. The van der Waals surface area contributed by atoms with Crippen molar-refractivity contribution in [1.29, 1.82) is 0 Å². The van der Waals surface area contributed by atoms with Gasteiger partial charge in [-0.3, -0.25) is 14.6 Å². The summed E-state index contributed by atoms with van der Waals surface area (Å²) in [5, 5.41) is 0.991. The van der Waals surface area contributed by atoms with E-state index in [1.165, 1.54) is 0 Å². The van der Waals surface area contributed by atoms with Crippen LogP contribution in [0.4, 0.5) is 11.8 Å². The van der Waals surface area contributed by atoms with Crippen molar-refractivity contribution >= 4 is 40.9 Å². The van der Waals surface area contributed by atoms with Gasteiger partial charge in [-0.2, -0.15) is 0 Å². The Bertz CT molecular complexity index is 1030. The third-order valence-corrected chi connectivity index (χ3v) is 6.31. The molecule has 0 saturated carbocycles. The number of aryl methyl sites for hydroxylation is 1. The molecule has 2 aromatic rings. The van der Waals surface area contributed by atoms with E-state index in [0.29, 0.717) is 92.0 Å². The molecule has 2 aliphatic rings. The van der Waals surface area contributed by atoms with Crippen molar-refractivity contribution < 1.29 is 9.53 Å². The molecule has 32 heavy (non-hydrogen) atoms. The number of nitrogens with one attached hydrogen (secondary N) is 1. The number of aromatic nitrogens is 3. The Hall–Kier alpha value is -2.36. The van der Waals surface area contributed by atoms with Gasteiger partial charge in [0, 0.05) is 63.1 Å². The molecule has 0 aromatic carbocycles. The number of anilines is 2. The van der Waals surface area contributed by atoms with Gasteiger partial charge < -0.3 is 19.4 Å². The third kappa shape index (κ3) is 5.16. The highest BCUT2D eigenvalue weighted by Gasteiger charge is 2.24. The van der Waals surface area contributed by atoms with Gasteiger partial charge in [0.1, 0.15) is 5.82 Å². The average molecular weight is 481 g/mol. The Balaban J connectivity index is 1.33. The number of piperazine rings is 1. The maximum atomic E-state index is 12.8. The normalized spacial score (nSPS) is 17.0. The Morgan fingerprint density at radius 2 is 1.84 bits per heavy atom. The summed E-state index contributed by atoms with van der Waals surface area (Å²) in [6, 6.07) is 1.67. The van der Waals surface area contributed by atoms with Crippen LogP contribution in [0.25, 0.3) is 0 Å². The minimum absolute atomic E-state index is 0.0240. The third-order valence-electron chi connectivity index (χ3n) is 5.83. The van der Waals surface area contributed by atoms with Gasteiger partial charge in [0.25, 0.3) is 5.56 Å². The summed E-state index contributed by atoms with van der Waals surface area (Å²) in [7, 11) is 0. The topological polar surface area (TPSA) is 94.7 Å². The van der Waals surface area contributed by atoms with Crippen molar-refractivity contribution in [2.24, 2.45) is 0 Å². The van der Waals surface area contributed by atoms with Gasteiger partial charge in [0.2, 0.25) is 11.9 Å². The smallest absolute Gasteiger partial charge is 0.255 e. The van der Waals surface area contributed by atoms with Crippen LogP contribution in [-0.2, 0) is 16.0 Å². The van der Waals surface area contributed by atoms with Crippen LogP contribution in [0.15, 0.2) is 17.1 Å². The number of carbonyl (C=O) groups excluding carboxylic acids is 1. The highest BCUT2D eigenvalue weighted by molar-refractivity contribution is 6.36. The number of rotatable bonds is 5. The molecule has 1 N–H and O–H groups in total. The Morgan fingerprint density at radius 1 is 1.12 bits per heavy atom. The van der Waals surface area contributed by atoms with Gasteiger partial charge >= 0.3 is 0 Å². The lowest BCUT2D eigenvalue weighted by Gasteiger charge is -2.35. The maximum Gasteiger partial charge on any atom is 0.255 e. The molecular weight excluding hydrogens is 455 g/mol. The molecule has 0 unspecified atom stereocenters. The second kappa shape index (κ2) is 10.1. The Kier molecular flexibility index (Phi) is 7.17. The number of nitrogens with zero attached hydrogens (tertiary/aromatic N) is 5. The number of hydrogen-bond donors (Lipinski definition) is 1. The molecule has 2 saturated heterocycles. The van der Waals surface area contributed by atoms with E-state index < -0.39 is 0 Å². The van der Waals surface area contributed by atoms with Gasteiger partial charge in [-0.1, -0.05) is 23.2 Å². The van der Waals surface area contributed by atoms with Crippen molar-refractivity contribution in [2.75, 3.05) is 62.3 Å². The number of H-pyrrole nitrogens is 1. The van der Waals surface area contributed by atoms with E-state index in [9.17, 15) is 9.59 Å². The Morgan fingerprint density at radius 3 is 2.50 bits per heavy atom. The minimum Gasteiger partial charge on any atom is -0.378 e. The number of aromatic amines is 1. The van der Waals surface area contributed by atoms with Crippen molar-refractivity contribution in [3.63, 3.8) is 0 Å². The van der Waals surface area contributed by atoms with Gasteiger partial charge in [-0.15, -0.1) is 0 Å². The van der Waals surface area contributed by atoms with E-state index in [-0.39, 0.29) is 17.9 Å². The van der Waals surface area contributed by atoms with Gasteiger partial charge in [0.15, 0.2) is 0 Å². The average Bonchev–Trinajstić information content (AvgIpc) is 2.79. The van der Waals surface area contributed by atoms with E-state index in [4.69, 9.17) is 27.9 Å². The first-order valence-corrected chi connectivity index (χ1v) is 11.4. The highest BCUT2D eigenvalue weighted by Crippen LogP contribution is 2.26. The van der Waals surface area contributed by atoms with E-state index in [0.717, 1.165) is 0 Å². The summed E-state index contributed by atoms with van der Waals surface area (Å²) in [4.78, 5) is 43.0. The minimum atomic E-state index is -0.180. The predicted octanol–water partition coefficient (Wildman–Crippen LogP) is 1.90. The fraction of sp³-hybridized carbons (Fsp3) is 0.524. The number of ether oxygens (including phenoxy) is 1. The van der Waals surface area contributed by atoms with Crippen molar-refractivity contribution in [3.05, 3.63) is 43.9 Å². The number of pyridine rings is 1. The number of amides is 1. The van der Waals surface area contributed by atoms with Crippen molar-refractivity contribution in [1.82, 2.24) is 19.9 Å². The first kappa shape index (κ1) is 22.8. The number of morpholine rings is 1. The SMILES string of the molecule is Cc1nc(N2CCOCC2)[nH]c(=O)c1CCC(=O)N1CCN(c2ncc(Cl)cc2Cl)CC1. The lowest BCUT2D eigenvalue weighted by atomic mass is 10.1. The first-order valence-electron chi connectivity index (χ1n) is 10.7. The van der Waals surface area contributed by atoms with Crippen LogP contribution in [0.2, 0.25) is 10.0 Å². The second-order valence-corrected chi connectivity index (χ2v) is 8.72.